The number of methoxy groups -OCH3 is 1. The number of carbonyl (C=O) groups excluding carboxylic acids is 2. The average Bonchev–Trinajstić information content (AvgIpc) is 3.07. The van der Waals surface area contributed by atoms with E-state index in [1.54, 1.807) is 0 Å². The smallest absolute Gasteiger partial charge is 0.305 e. The lowest BCUT2D eigenvalue weighted by atomic mass is 9.86. The van der Waals surface area contributed by atoms with Gasteiger partial charge in [0.15, 0.2) is 0 Å². The Morgan fingerprint density at radius 2 is 1.62 bits per heavy atom. The second kappa shape index (κ2) is 12.4. The molecule has 0 heterocycles. The van der Waals surface area contributed by atoms with Gasteiger partial charge in [0, 0.05) is 19.3 Å². The molecule has 5 heteroatoms. The van der Waals surface area contributed by atoms with Crippen LogP contribution < -0.4 is 0 Å². The fraction of sp³-hybridized carbons (Fsp3) is 0.905. The quantitative estimate of drug-likeness (QED) is 0.273. The van der Waals surface area contributed by atoms with Crippen LogP contribution in [0.25, 0.3) is 0 Å². The Kier molecular flexibility index (Phi) is 11.0. The van der Waals surface area contributed by atoms with Crippen molar-refractivity contribution in [1.82, 2.24) is 0 Å². The number of unbranched alkanes of at least 4 members (excludes halogenated alkanes) is 4. The zero-order chi connectivity index (χ0) is 19.4. The molecule has 0 saturated heterocycles. The predicted molar refractivity (Wildman–Crippen MR) is 99.3 cm³/mol. The highest BCUT2D eigenvalue weighted by atomic mass is 19.3. The number of Topliss-reactive ketones (excluding diaryl/α,β-unsaturated/α-hetero) is 1. The molecule has 0 amide bonds. The summed E-state index contributed by atoms with van der Waals surface area (Å²) in [5.41, 5.74) is 0. The number of esters is 1. The second-order valence-corrected chi connectivity index (χ2v) is 7.75. The molecule has 1 fully saturated rings. The first-order valence-electron chi connectivity index (χ1n) is 10.4. The highest BCUT2D eigenvalue weighted by molar-refractivity contribution is 5.85. The number of carbonyl (C=O) groups is 2. The fourth-order valence-corrected chi connectivity index (χ4v) is 4.04. The number of ketones is 1. The van der Waals surface area contributed by atoms with Crippen molar-refractivity contribution in [2.24, 2.45) is 11.8 Å². The maximum atomic E-state index is 13.8. The molecule has 2 atom stereocenters. The first-order valence-corrected chi connectivity index (χ1v) is 10.4. The van der Waals surface area contributed by atoms with Gasteiger partial charge < -0.3 is 4.74 Å². The Balaban J connectivity index is 2.22. The minimum absolute atomic E-state index is 0.0248. The van der Waals surface area contributed by atoms with Crippen LogP contribution in [0.15, 0.2) is 0 Å². The molecule has 1 aliphatic carbocycles. The van der Waals surface area contributed by atoms with Gasteiger partial charge in [-0.3, -0.25) is 9.59 Å². The van der Waals surface area contributed by atoms with Crippen molar-refractivity contribution in [2.75, 3.05) is 7.11 Å². The van der Waals surface area contributed by atoms with E-state index in [9.17, 15) is 18.4 Å². The average molecular weight is 375 g/mol. The van der Waals surface area contributed by atoms with E-state index >= 15 is 0 Å². The van der Waals surface area contributed by atoms with E-state index in [1.807, 2.05) is 6.92 Å². The van der Waals surface area contributed by atoms with Gasteiger partial charge in [-0.05, 0) is 31.1 Å². The van der Waals surface area contributed by atoms with Crippen molar-refractivity contribution in [3.63, 3.8) is 0 Å². The third-order valence-electron chi connectivity index (χ3n) is 5.74. The molecule has 0 aliphatic heterocycles. The molecule has 0 bridgehead atoms. The number of halogens is 2. The van der Waals surface area contributed by atoms with Crippen molar-refractivity contribution in [3.8, 4) is 0 Å². The summed E-state index contributed by atoms with van der Waals surface area (Å²) in [7, 11) is 1.41. The summed E-state index contributed by atoms with van der Waals surface area (Å²) in [5, 5.41) is 0. The summed E-state index contributed by atoms with van der Waals surface area (Å²) < 4.78 is 32.2. The van der Waals surface area contributed by atoms with Crippen molar-refractivity contribution >= 4 is 11.8 Å². The monoisotopic (exact) mass is 374 g/mol. The molecule has 0 aromatic heterocycles. The van der Waals surface area contributed by atoms with Gasteiger partial charge in [0.05, 0.1) is 7.11 Å². The lowest BCUT2D eigenvalue weighted by Crippen LogP contribution is -2.29. The van der Waals surface area contributed by atoms with E-state index in [0.29, 0.717) is 37.5 Å². The number of hydrogen-bond acceptors (Lipinski definition) is 3. The third kappa shape index (κ3) is 8.59. The summed E-state index contributed by atoms with van der Waals surface area (Å²) in [4.78, 5) is 22.9. The molecule has 1 saturated carbocycles. The van der Waals surface area contributed by atoms with E-state index in [4.69, 9.17) is 0 Å². The summed E-state index contributed by atoms with van der Waals surface area (Å²) >= 11 is 0. The Morgan fingerprint density at radius 3 is 2.27 bits per heavy atom. The van der Waals surface area contributed by atoms with Crippen molar-refractivity contribution < 1.29 is 23.1 Å². The van der Waals surface area contributed by atoms with E-state index in [2.05, 4.69) is 4.74 Å². The van der Waals surface area contributed by atoms with Gasteiger partial charge in [-0.25, -0.2) is 0 Å². The van der Waals surface area contributed by atoms with Crippen molar-refractivity contribution in [3.05, 3.63) is 0 Å². The Labute approximate surface area is 157 Å². The Hall–Kier alpha value is -1.00. The van der Waals surface area contributed by atoms with Crippen molar-refractivity contribution in [1.29, 1.82) is 0 Å². The van der Waals surface area contributed by atoms with Crippen LogP contribution in [0, 0.1) is 11.8 Å². The topological polar surface area (TPSA) is 43.4 Å². The van der Waals surface area contributed by atoms with Gasteiger partial charge in [0.2, 0.25) is 5.78 Å². The molecule has 0 aromatic carbocycles. The predicted octanol–water partition coefficient (Wildman–Crippen LogP) is 6.09. The van der Waals surface area contributed by atoms with Crippen LogP contribution in [0.2, 0.25) is 0 Å². The first kappa shape index (κ1) is 23.0. The highest BCUT2D eigenvalue weighted by Crippen LogP contribution is 2.39. The van der Waals surface area contributed by atoms with Crippen LogP contribution in [0.5, 0.6) is 0 Å². The Morgan fingerprint density at radius 1 is 0.962 bits per heavy atom. The second-order valence-electron chi connectivity index (χ2n) is 7.75. The van der Waals surface area contributed by atoms with Crippen LogP contribution in [0.1, 0.15) is 96.8 Å². The number of alkyl halides is 2. The van der Waals surface area contributed by atoms with Crippen LogP contribution in [-0.2, 0) is 14.3 Å². The largest absolute Gasteiger partial charge is 0.469 e. The maximum Gasteiger partial charge on any atom is 0.305 e. The summed E-state index contributed by atoms with van der Waals surface area (Å²) in [5.74, 6) is -3.15. The summed E-state index contributed by atoms with van der Waals surface area (Å²) in [6.45, 7) is 1.86. The maximum absolute atomic E-state index is 13.8. The summed E-state index contributed by atoms with van der Waals surface area (Å²) in [6, 6.07) is 0. The van der Waals surface area contributed by atoms with Gasteiger partial charge >= 0.3 is 11.9 Å². The van der Waals surface area contributed by atoms with Gasteiger partial charge in [-0.15, -0.1) is 0 Å². The standard InChI is InChI=1S/C21H36F2O3/c1-3-4-16-21(22,23)19(24)15-14-18-12-9-11-17(18)10-7-5-6-8-13-20(25)26-2/h17-18H,3-16H2,1-2H3. The van der Waals surface area contributed by atoms with E-state index in [0.717, 1.165) is 51.4 Å². The van der Waals surface area contributed by atoms with E-state index in [1.165, 1.54) is 7.11 Å². The SMILES string of the molecule is CCCCC(F)(F)C(=O)CCC1CCCC1CCCCCCC(=O)OC. The normalized spacial score (nSPS) is 20.3. The molecular formula is C21H36F2O3. The number of rotatable bonds is 14. The molecule has 0 aromatic rings. The minimum Gasteiger partial charge on any atom is -0.469 e. The van der Waals surface area contributed by atoms with Gasteiger partial charge in [0.25, 0.3) is 0 Å². The molecule has 152 valence electrons. The molecule has 26 heavy (non-hydrogen) atoms. The number of hydrogen-bond donors (Lipinski definition) is 0. The van der Waals surface area contributed by atoms with E-state index in [-0.39, 0.29) is 18.8 Å². The van der Waals surface area contributed by atoms with Crippen LogP contribution in [0.4, 0.5) is 8.78 Å². The first-order chi connectivity index (χ1) is 12.4. The van der Waals surface area contributed by atoms with Gasteiger partial charge in [-0.2, -0.15) is 8.78 Å². The minimum atomic E-state index is -3.14. The van der Waals surface area contributed by atoms with Gasteiger partial charge in [-0.1, -0.05) is 58.3 Å². The molecule has 0 N–H and O–H groups in total. The van der Waals surface area contributed by atoms with E-state index < -0.39 is 11.7 Å². The number of ether oxygens (including phenoxy) is 1. The molecule has 0 radical (unpaired) electrons. The van der Waals surface area contributed by atoms with Crippen LogP contribution in [-0.4, -0.2) is 24.8 Å². The molecule has 3 nitrogen and oxygen atoms in total. The molecule has 2 unspecified atom stereocenters. The summed E-state index contributed by atoms with van der Waals surface area (Å²) in [6.07, 6.45) is 10.5. The third-order valence-corrected chi connectivity index (χ3v) is 5.74. The van der Waals surface area contributed by atoms with Crippen LogP contribution in [0.3, 0.4) is 0 Å². The van der Waals surface area contributed by atoms with Gasteiger partial charge in [0.1, 0.15) is 0 Å². The molecular weight excluding hydrogens is 338 g/mol. The zero-order valence-electron chi connectivity index (χ0n) is 16.5. The zero-order valence-corrected chi connectivity index (χ0v) is 16.5. The lowest BCUT2D eigenvalue weighted by Gasteiger charge is -2.21. The lowest BCUT2D eigenvalue weighted by molar-refractivity contribution is -0.144. The van der Waals surface area contributed by atoms with Crippen LogP contribution >= 0.6 is 0 Å². The molecule has 1 aliphatic rings. The Bertz CT molecular complexity index is 423. The highest BCUT2D eigenvalue weighted by Gasteiger charge is 2.38. The fourth-order valence-electron chi connectivity index (χ4n) is 4.04. The van der Waals surface area contributed by atoms with Crippen molar-refractivity contribution in [2.45, 2.75) is 103 Å². The molecule has 1 rings (SSSR count). The molecule has 0 spiro atoms.